The van der Waals surface area contributed by atoms with Crippen molar-refractivity contribution in [1.82, 2.24) is 0 Å². The van der Waals surface area contributed by atoms with Crippen LogP contribution >= 0.6 is 11.6 Å². The molecule has 21 heavy (non-hydrogen) atoms. The Labute approximate surface area is 127 Å². The fraction of sp³-hybridized carbons (Fsp3) is 0.250. The number of aliphatic hydroxyl groups is 1. The molecule has 0 saturated carbocycles. The van der Waals surface area contributed by atoms with Crippen LogP contribution in [0.2, 0.25) is 5.02 Å². The number of hydrogen-bond donors (Lipinski definition) is 2. The van der Waals surface area contributed by atoms with Crippen LogP contribution in [-0.2, 0) is 11.8 Å². The Balaban J connectivity index is 2.43. The van der Waals surface area contributed by atoms with Crippen molar-refractivity contribution in [2.24, 2.45) is 5.73 Å². The molecule has 0 aliphatic rings. The number of benzene rings is 2. The monoisotopic (exact) mass is 311 g/mol. The van der Waals surface area contributed by atoms with Crippen LogP contribution in [0.4, 0.5) is 8.78 Å². The highest BCUT2D eigenvalue weighted by Crippen LogP contribution is 2.29. The molecule has 0 spiro atoms. The maximum absolute atomic E-state index is 14.0. The van der Waals surface area contributed by atoms with E-state index >= 15 is 0 Å². The Kier molecular flexibility index (Phi) is 4.93. The molecule has 0 aromatic heterocycles. The van der Waals surface area contributed by atoms with E-state index in [1.165, 1.54) is 18.2 Å². The zero-order valence-electron chi connectivity index (χ0n) is 11.3. The van der Waals surface area contributed by atoms with Crippen LogP contribution in [0.1, 0.15) is 11.1 Å². The standard InChI is InChI=1S/C16H16ClF2NO/c17-13-5-4-11(15(19)7-13)8-16(9-20,10-21)12-2-1-3-14(18)6-12/h1-7,21H,8-10,20H2. The van der Waals surface area contributed by atoms with Gasteiger partial charge in [0.1, 0.15) is 11.6 Å². The molecule has 0 bridgehead atoms. The quantitative estimate of drug-likeness (QED) is 0.891. The summed E-state index contributed by atoms with van der Waals surface area (Å²) in [5.41, 5.74) is 5.78. The van der Waals surface area contributed by atoms with Crippen LogP contribution < -0.4 is 5.73 Å². The van der Waals surface area contributed by atoms with E-state index < -0.39 is 17.0 Å². The summed E-state index contributed by atoms with van der Waals surface area (Å²) in [5.74, 6) is -0.888. The van der Waals surface area contributed by atoms with Gasteiger partial charge in [0.25, 0.3) is 0 Å². The summed E-state index contributed by atoms with van der Waals surface area (Å²) in [6.45, 7) is -0.246. The first-order valence-electron chi connectivity index (χ1n) is 6.52. The molecule has 5 heteroatoms. The lowest BCUT2D eigenvalue weighted by molar-refractivity contribution is 0.195. The van der Waals surface area contributed by atoms with Crippen molar-refractivity contribution in [3.05, 3.63) is 70.2 Å². The van der Waals surface area contributed by atoms with Gasteiger partial charge in [-0.1, -0.05) is 29.8 Å². The van der Waals surface area contributed by atoms with E-state index in [4.69, 9.17) is 17.3 Å². The predicted octanol–water partition coefficient (Wildman–Crippen LogP) is 3.05. The van der Waals surface area contributed by atoms with Gasteiger partial charge in [0.2, 0.25) is 0 Å². The number of nitrogens with two attached hydrogens (primary N) is 1. The molecular formula is C16H16ClF2NO. The minimum absolute atomic E-state index is 0.0645. The first-order valence-corrected chi connectivity index (χ1v) is 6.89. The van der Waals surface area contributed by atoms with E-state index in [1.807, 2.05) is 0 Å². The maximum atomic E-state index is 14.0. The summed E-state index contributed by atoms with van der Waals surface area (Å²) in [6.07, 6.45) is 0.159. The summed E-state index contributed by atoms with van der Waals surface area (Å²) in [4.78, 5) is 0. The molecule has 1 unspecified atom stereocenters. The smallest absolute Gasteiger partial charge is 0.127 e. The number of halogens is 3. The van der Waals surface area contributed by atoms with Gasteiger partial charge in [-0.15, -0.1) is 0 Å². The third-order valence-electron chi connectivity index (χ3n) is 3.67. The second-order valence-electron chi connectivity index (χ2n) is 5.07. The van der Waals surface area contributed by atoms with Gasteiger partial charge in [-0.25, -0.2) is 8.78 Å². The van der Waals surface area contributed by atoms with Crippen LogP contribution in [-0.4, -0.2) is 18.3 Å². The van der Waals surface area contributed by atoms with Gasteiger partial charge in [-0.05, 0) is 41.8 Å². The van der Waals surface area contributed by atoms with Crippen LogP contribution in [0.5, 0.6) is 0 Å². The topological polar surface area (TPSA) is 46.2 Å². The normalized spacial score (nSPS) is 14.0. The Morgan fingerprint density at radius 3 is 2.48 bits per heavy atom. The number of hydrogen-bond acceptors (Lipinski definition) is 2. The Bertz CT molecular complexity index is 629. The molecule has 112 valence electrons. The molecule has 0 radical (unpaired) electrons. The molecule has 0 aliphatic carbocycles. The molecule has 0 aliphatic heterocycles. The second-order valence-corrected chi connectivity index (χ2v) is 5.50. The van der Waals surface area contributed by atoms with Crippen LogP contribution in [0, 0.1) is 11.6 Å². The van der Waals surface area contributed by atoms with Crippen molar-refractivity contribution in [2.45, 2.75) is 11.8 Å². The minimum atomic E-state index is -0.934. The second kappa shape index (κ2) is 6.52. The van der Waals surface area contributed by atoms with Gasteiger partial charge in [0, 0.05) is 17.0 Å². The molecule has 2 rings (SSSR count). The van der Waals surface area contributed by atoms with Gasteiger partial charge < -0.3 is 10.8 Å². The summed E-state index contributed by atoms with van der Waals surface area (Å²) >= 11 is 5.73. The number of aliphatic hydroxyl groups excluding tert-OH is 1. The van der Waals surface area contributed by atoms with Crippen LogP contribution in [0.3, 0.4) is 0 Å². The van der Waals surface area contributed by atoms with E-state index in [-0.39, 0.29) is 19.6 Å². The molecule has 0 amide bonds. The van der Waals surface area contributed by atoms with Crippen molar-refractivity contribution in [3.8, 4) is 0 Å². The number of rotatable bonds is 5. The van der Waals surface area contributed by atoms with Crippen molar-refractivity contribution < 1.29 is 13.9 Å². The average molecular weight is 312 g/mol. The lowest BCUT2D eigenvalue weighted by atomic mass is 9.76. The van der Waals surface area contributed by atoms with Gasteiger partial charge in [0.15, 0.2) is 0 Å². The van der Waals surface area contributed by atoms with E-state index in [1.54, 1.807) is 24.3 Å². The van der Waals surface area contributed by atoms with Crippen molar-refractivity contribution >= 4 is 11.6 Å². The van der Waals surface area contributed by atoms with E-state index in [0.29, 0.717) is 16.1 Å². The average Bonchev–Trinajstić information content (AvgIpc) is 2.47. The summed E-state index contributed by atoms with van der Waals surface area (Å²) in [5, 5.41) is 10.1. The fourth-order valence-electron chi connectivity index (χ4n) is 2.35. The largest absolute Gasteiger partial charge is 0.395 e. The van der Waals surface area contributed by atoms with Crippen LogP contribution in [0.25, 0.3) is 0 Å². The SMILES string of the molecule is NCC(CO)(Cc1ccc(Cl)cc1F)c1cccc(F)c1. The molecule has 1 atom stereocenters. The minimum Gasteiger partial charge on any atom is -0.395 e. The highest BCUT2D eigenvalue weighted by Gasteiger charge is 2.32. The van der Waals surface area contributed by atoms with E-state index in [2.05, 4.69) is 0 Å². The fourth-order valence-corrected chi connectivity index (χ4v) is 2.51. The molecule has 0 heterocycles. The van der Waals surface area contributed by atoms with Gasteiger partial charge in [-0.2, -0.15) is 0 Å². The molecule has 0 saturated heterocycles. The molecule has 2 aromatic rings. The summed E-state index contributed by atoms with van der Waals surface area (Å²) < 4.78 is 27.4. The van der Waals surface area contributed by atoms with Crippen molar-refractivity contribution in [3.63, 3.8) is 0 Å². The lowest BCUT2D eigenvalue weighted by Crippen LogP contribution is -2.41. The third-order valence-corrected chi connectivity index (χ3v) is 3.91. The molecule has 3 N–H and O–H groups in total. The Morgan fingerprint density at radius 2 is 1.90 bits per heavy atom. The zero-order valence-corrected chi connectivity index (χ0v) is 12.1. The Hall–Kier alpha value is -1.49. The van der Waals surface area contributed by atoms with Crippen molar-refractivity contribution in [1.29, 1.82) is 0 Å². The van der Waals surface area contributed by atoms with E-state index in [9.17, 15) is 13.9 Å². The highest BCUT2D eigenvalue weighted by molar-refractivity contribution is 6.30. The predicted molar refractivity (Wildman–Crippen MR) is 79.3 cm³/mol. The summed E-state index contributed by atoms with van der Waals surface area (Å²) in [7, 11) is 0. The lowest BCUT2D eigenvalue weighted by Gasteiger charge is -2.31. The molecular weight excluding hydrogens is 296 g/mol. The van der Waals surface area contributed by atoms with Crippen molar-refractivity contribution in [2.75, 3.05) is 13.2 Å². The maximum Gasteiger partial charge on any atom is 0.127 e. The first-order chi connectivity index (χ1) is 10.0. The van der Waals surface area contributed by atoms with Gasteiger partial charge >= 0.3 is 0 Å². The van der Waals surface area contributed by atoms with Gasteiger partial charge in [-0.3, -0.25) is 0 Å². The first kappa shape index (κ1) is 15.9. The summed E-state index contributed by atoms with van der Waals surface area (Å²) in [6, 6.07) is 10.2. The van der Waals surface area contributed by atoms with Gasteiger partial charge in [0.05, 0.1) is 6.61 Å². The van der Waals surface area contributed by atoms with Crippen LogP contribution in [0.15, 0.2) is 42.5 Å². The Morgan fingerprint density at radius 1 is 1.14 bits per heavy atom. The molecule has 2 nitrogen and oxygen atoms in total. The third kappa shape index (κ3) is 3.40. The van der Waals surface area contributed by atoms with E-state index in [0.717, 1.165) is 0 Å². The zero-order chi connectivity index (χ0) is 15.5. The molecule has 2 aromatic carbocycles. The molecule has 0 fully saturated rings. The highest BCUT2D eigenvalue weighted by atomic mass is 35.5.